The van der Waals surface area contributed by atoms with Crippen molar-refractivity contribution in [1.82, 2.24) is 14.9 Å². The monoisotopic (exact) mass is 342 g/mol. The molecule has 0 bridgehead atoms. The van der Waals surface area contributed by atoms with E-state index in [1.54, 1.807) is 29.5 Å². The maximum Gasteiger partial charge on any atom is 0.323 e. The Labute approximate surface area is 142 Å². The topological polar surface area (TPSA) is 81.0 Å². The van der Waals surface area contributed by atoms with Gasteiger partial charge in [-0.05, 0) is 48.6 Å². The largest absolute Gasteiger partial charge is 0.325 e. The van der Waals surface area contributed by atoms with Crippen molar-refractivity contribution in [3.8, 4) is 0 Å². The van der Waals surface area contributed by atoms with Gasteiger partial charge in [0.25, 0.3) is 0 Å². The van der Waals surface area contributed by atoms with Crippen LogP contribution < -0.4 is 11.0 Å². The fourth-order valence-electron chi connectivity index (χ4n) is 3.12. The molecule has 1 aliphatic rings. The summed E-state index contributed by atoms with van der Waals surface area (Å²) in [4.78, 5) is 32.9. The smallest absolute Gasteiger partial charge is 0.323 e. The SMILES string of the molecule is C[C@H](C(=O)Nc1ccc2[nH]c(=O)[nH]c2c1)N1CCc2sccc2C1. The quantitative estimate of drug-likeness (QED) is 0.683. The van der Waals surface area contributed by atoms with Gasteiger partial charge in [0.05, 0.1) is 17.1 Å². The number of amides is 1. The van der Waals surface area contributed by atoms with Gasteiger partial charge in [-0.3, -0.25) is 9.69 Å². The number of fused-ring (bicyclic) bond motifs is 2. The van der Waals surface area contributed by atoms with E-state index in [1.165, 1.54) is 10.4 Å². The third kappa shape index (κ3) is 2.76. The minimum Gasteiger partial charge on any atom is -0.325 e. The summed E-state index contributed by atoms with van der Waals surface area (Å²) in [5.41, 5.74) is 3.18. The molecule has 0 unspecified atom stereocenters. The third-order valence-electron chi connectivity index (χ3n) is 4.55. The first-order chi connectivity index (χ1) is 11.6. The lowest BCUT2D eigenvalue weighted by Gasteiger charge is -2.31. The highest BCUT2D eigenvalue weighted by molar-refractivity contribution is 7.10. The number of benzene rings is 1. The number of carbonyl (C=O) groups excluding carboxylic acids is 1. The Morgan fingerprint density at radius 2 is 2.12 bits per heavy atom. The molecule has 3 heterocycles. The summed E-state index contributed by atoms with van der Waals surface area (Å²) in [6.45, 7) is 3.65. The molecule has 0 saturated heterocycles. The lowest BCUT2D eigenvalue weighted by molar-refractivity contribution is -0.121. The van der Waals surface area contributed by atoms with Gasteiger partial charge in [0.1, 0.15) is 0 Å². The lowest BCUT2D eigenvalue weighted by Crippen LogP contribution is -2.44. The van der Waals surface area contributed by atoms with Gasteiger partial charge in [0.2, 0.25) is 5.91 Å². The van der Waals surface area contributed by atoms with E-state index in [2.05, 4.69) is 31.6 Å². The van der Waals surface area contributed by atoms with Crippen LogP contribution in [0.25, 0.3) is 11.0 Å². The van der Waals surface area contributed by atoms with Crippen molar-refractivity contribution in [2.75, 3.05) is 11.9 Å². The predicted molar refractivity (Wildman–Crippen MR) is 95.4 cm³/mol. The summed E-state index contributed by atoms with van der Waals surface area (Å²) < 4.78 is 0. The summed E-state index contributed by atoms with van der Waals surface area (Å²) >= 11 is 1.79. The first-order valence-corrected chi connectivity index (χ1v) is 8.80. The van der Waals surface area contributed by atoms with Gasteiger partial charge in [-0.25, -0.2) is 4.79 Å². The number of hydrogen-bond acceptors (Lipinski definition) is 4. The average Bonchev–Trinajstić information content (AvgIpc) is 3.17. The molecule has 4 rings (SSSR count). The van der Waals surface area contributed by atoms with Crippen LogP contribution in [0.1, 0.15) is 17.4 Å². The maximum absolute atomic E-state index is 12.6. The second-order valence-corrected chi connectivity index (χ2v) is 7.09. The van der Waals surface area contributed by atoms with Crippen LogP contribution in [0.4, 0.5) is 5.69 Å². The number of imidazole rings is 1. The highest BCUT2D eigenvalue weighted by Crippen LogP contribution is 2.25. The average molecular weight is 342 g/mol. The van der Waals surface area contributed by atoms with E-state index >= 15 is 0 Å². The van der Waals surface area contributed by atoms with Crippen LogP contribution in [0, 0.1) is 0 Å². The van der Waals surface area contributed by atoms with Crippen molar-refractivity contribution in [2.45, 2.75) is 25.9 Å². The van der Waals surface area contributed by atoms with Crippen LogP contribution in [-0.4, -0.2) is 33.4 Å². The summed E-state index contributed by atoms with van der Waals surface area (Å²) in [7, 11) is 0. The molecule has 24 heavy (non-hydrogen) atoms. The van der Waals surface area contributed by atoms with Crippen LogP contribution in [0.5, 0.6) is 0 Å². The molecular weight excluding hydrogens is 324 g/mol. The number of aromatic amines is 2. The zero-order chi connectivity index (χ0) is 16.7. The van der Waals surface area contributed by atoms with Crippen LogP contribution in [0.2, 0.25) is 0 Å². The molecule has 6 nitrogen and oxygen atoms in total. The van der Waals surface area contributed by atoms with Crippen LogP contribution >= 0.6 is 11.3 Å². The zero-order valence-corrected chi connectivity index (χ0v) is 14.1. The van der Waals surface area contributed by atoms with E-state index < -0.39 is 0 Å². The lowest BCUT2D eigenvalue weighted by atomic mass is 10.1. The molecule has 124 valence electrons. The van der Waals surface area contributed by atoms with Gasteiger partial charge < -0.3 is 15.3 Å². The van der Waals surface area contributed by atoms with Crippen molar-refractivity contribution >= 4 is 34.0 Å². The van der Waals surface area contributed by atoms with Crippen molar-refractivity contribution < 1.29 is 4.79 Å². The van der Waals surface area contributed by atoms with E-state index in [0.29, 0.717) is 11.2 Å². The van der Waals surface area contributed by atoms with Crippen molar-refractivity contribution in [3.05, 3.63) is 50.6 Å². The molecule has 0 fully saturated rings. The number of nitrogens with zero attached hydrogens (tertiary/aromatic N) is 1. The molecule has 0 saturated carbocycles. The highest BCUT2D eigenvalue weighted by atomic mass is 32.1. The van der Waals surface area contributed by atoms with Crippen molar-refractivity contribution in [3.63, 3.8) is 0 Å². The number of aromatic nitrogens is 2. The van der Waals surface area contributed by atoms with Crippen molar-refractivity contribution in [2.24, 2.45) is 0 Å². The first kappa shape index (κ1) is 15.2. The number of H-pyrrole nitrogens is 2. The second kappa shape index (κ2) is 5.92. The fraction of sp³-hybridized carbons (Fsp3) is 0.294. The second-order valence-electron chi connectivity index (χ2n) is 6.09. The molecule has 0 radical (unpaired) electrons. The van der Waals surface area contributed by atoms with Crippen LogP contribution in [0.15, 0.2) is 34.4 Å². The van der Waals surface area contributed by atoms with Crippen LogP contribution in [0.3, 0.4) is 0 Å². The standard InChI is InChI=1S/C17H18N4O2S/c1-10(21-6-4-15-11(9-21)5-7-24-15)16(22)18-12-2-3-13-14(8-12)20-17(23)19-13/h2-3,5,7-8,10H,4,6,9H2,1H3,(H,18,22)(H2,19,20,23)/t10-/m1/s1. The van der Waals surface area contributed by atoms with E-state index in [0.717, 1.165) is 25.0 Å². The van der Waals surface area contributed by atoms with Gasteiger partial charge in [0.15, 0.2) is 0 Å². The molecule has 7 heteroatoms. The molecule has 0 spiro atoms. The van der Waals surface area contributed by atoms with Gasteiger partial charge in [-0.15, -0.1) is 11.3 Å². The molecule has 1 aromatic carbocycles. The van der Waals surface area contributed by atoms with Gasteiger partial charge in [-0.1, -0.05) is 0 Å². The number of nitrogens with one attached hydrogen (secondary N) is 3. The summed E-state index contributed by atoms with van der Waals surface area (Å²) in [5.74, 6) is -0.0362. The molecule has 1 aliphatic heterocycles. The summed E-state index contributed by atoms with van der Waals surface area (Å²) in [6.07, 6.45) is 1.00. The van der Waals surface area contributed by atoms with E-state index in [4.69, 9.17) is 0 Å². The molecule has 3 aromatic rings. The Bertz CT molecular complexity index is 955. The van der Waals surface area contributed by atoms with E-state index in [-0.39, 0.29) is 17.6 Å². The Morgan fingerprint density at radius 3 is 3.00 bits per heavy atom. The van der Waals surface area contributed by atoms with Crippen LogP contribution in [-0.2, 0) is 17.8 Å². The number of thiophene rings is 1. The van der Waals surface area contributed by atoms with Gasteiger partial charge in [-0.2, -0.15) is 0 Å². The highest BCUT2D eigenvalue weighted by Gasteiger charge is 2.25. The van der Waals surface area contributed by atoms with Gasteiger partial charge >= 0.3 is 5.69 Å². The minimum absolute atomic E-state index is 0.0362. The maximum atomic E-state index is 12.6. The molecule has 0 aliphatic carbocycles. The first-order valence-electron chi connectivity index (χ1n) is 7.92. The normalized spacial score (nSPS) is 16.0. The molecular formula is C17H18N4O2S. The number of carbonyl (C=O) groups is 1. The molecule has 1 atom stereocenters. The number of hydrogen-bond donors (Lipinski definition) is 3. The molecule has 2 aromatic heterocycles. The fourth-order valence-corrected chi connectivity index (χ4v) is 4.01. The Kier molecular flexibility index (Phi) is 3.74. The Balaban J connectivity index is 1.47. The number of anilines is 1. The van der Waals surface area contributed by atoms with Crippen molar-refractivity contribution in [1.29, 1.82) is 0 Å². The molecule has 1 amide bonds. The number of rotatable bonds is 3. The summed E-state index contributed by atoms with van der Waals surface area (Å²) in [6, 6.07) is 7.28. The Hall–Kier alpha value is -2.38. The van der Waals surface area contributed by atoms with E-state index in [9.17, 15) is 9.59 Å². The summed E-state index contributed by atoms with van der Waals surface area (Å²) in [5, 5.41) is 5.06. The Morgan fingerprint density at radius 1 is 1.29 bits per heavy atom. The molecule has 3 N–H and O–H groups in total. The van der Waals surface area contributed by atoms with Gasteiger partial charge in [0, 0.05) is 23.7 Å². The zero-order valence-electron chi connectivity index (χ0n) is 13.3. The predicted octanol–water partition coefficient (Wildman–Crippen LogP) is 2.30. The third-order valence-corrected chi connectivity index (χ3v) is 5.57. The van der Waals surface area contributed by atoms with E-state index in [1.807, 2.05) is 6.92 Å². The minimum atomic E-state index is -0.248.